The second kappa shape index (κ2) is 7.72. The van der Waals surface area contributed by atoms with Gasteiger partial charge in [-0.25, -0.2) is 18.1 Å². The summed E-state index contributed by atoms with van der Waals surface area (Å²) in [5, 5.41) is 8.39. The van der Waals surface area contributed by atoms with Crippen molar-refractivity contribution < 1.29 is 8.42 Å². The van der Waals surface area contributed by atoms with Gasteiger partial charge in [-0.3, -0.25) is 9.98 Å². The highest BCUT2D eigenvalue weighted by atomic mass is 32.2. The molecule has 0 amide bonds. The molecule has 2 aliphatic rings. The molecule has 3 N–H and O–H groups in total. The number of sulfonamides is 1. The lowest BCUT2D eigenvalue weighted by Gasteiger charge is -2.26. The van der Waals surface area contributed by atoms with E-state index in [0.717, 1.165) is 55.4 Å². The number of aromatic amines is 1. The first-order valence-electron chi connectivity index (χ1n) is 10.7. The minimum atomic E-state index is -3.20. The zero-order chi connectivity index (χ0) is 20.8. The number of hydrogen-bond acceptors (Lipinski definition) is 4. The number of fused-ring (bicyclic) bond motifs is 1. The number of aromatic nitrogens is 3. The largest absolute Gasteiger partial charge is 0.345 e. The van der Waals surface area contributed by atoms with Crippen LogP contribution in [0.2, 0.25) is 0 Å². The van der Waals surface area contributed by atoms with Crippen molar-refractivity contribution in [3.63, 3.8) is 0 Å². The van der Waals surface area contributed by atoms with Crippen molar-refractivity contribution in [3.8, 4) is 0 Å². The van der Waals surface area contributed by atoms with Crippen molar-refractivity contribution in [2.75, 3.05) is 0 Å². The van der Waals surface area contributed by atoms with Crippen LogP contribution >= 0.6 is 0 Å². The number of nitrogens with zero attached hydrogens (tertiary/aromatic N) is 2. The standard InChI is InChI=1S/C21H31N5O2S/c1-4-13(3)20(26-18-8-9-23-21(18)24-12-19(26)22)17-11-15(10-14(17)5-2)25-29(27,28)16-6-7-16/h8-9,12,14-17,22-23,25H,4-7,10-11H2,1-3H3/b20-13-,22-19?/t14-,15?,17+/m1/s1. The Morgan fingerprint density at radius 3 is 2.76 bits per heavy atom. The van der Waals surface area contributed by atoms with E-state index in [1.807, 2.05) is 16.8 Å². The van der Waals surface area contributed by atoms with E-state index in [1.54, 1.807) is 6.20 Å². The molecule has 2 aromatic rings. The fraction of sp³-hybridized carbons (Fsp3) is 0.619. The van der Waals surface area contributed by atoms with E-state index < -0.39 is 10.0 Å². The Kier molecular flexibility index (Phi) is 5.42. The summed E-state index contributed by atoms with van der Waals surface area (Å²) in [5.41, 5.74) is 4.41. The summed E-state index contributed by atoms with van der Waals surface area (Å²) in [7, 11) is -3.20. The third-order valence-electron chi connectivity index (χ3n) is 6.57. The van der Waals surface area contributed by atoms with Gasteiger partial charge in [-0.15, -0.1) is 0 Å². The highest BCUT2D eigenvalue weighted by Crippen LogP contribution is 2.43. The van der Waals surface area contributed by atoms with Gasteiger partial charge in [0.25, 0.3) is 0 Å². The van der Waals surface area contributed by atoms with Crippen molar-refractivity contribution in [3.05, 3.63) is 29.5 Å². The topological polar surface area (TPSA) is 104 Å². The fourth-order valence-corrected chi connectivity index (χ4v) is 6.38. The molecule has 0 aromatic carbocycles. The van der Waals surface area contributed by atoms with Crippen molar-refractivity contribution in [1.29, 1.82) is 5.41 Å². The van der Waals surface area contributed by atoms with E-state index >= 15 is 0 Å². The summed E-state index contributed by atoms with van der Waals surface area (Å²) in [6.07, 6.45) is 8.51. The highest BCUT2D eigenvalue weighted by Gasteiger charge is 2.42. The predicted octanol–water partition coefficient (Wildman–Crippen LogP) is 3.37. The second-order valence-electron chi connectivity index (χ2n) is 8.51. The van der Waals surface area contributed by atoms with Gasteiger partial charge in [-0.05, 0) is 51.0 Å². The molecular weight excluding hydrogens is 386 g/mol. The average molecular weight is 418 g/mol. The first-order valence-corrected chi connectivity index (χ1v) is 12.2. The van der Waals surface area contributed by atoms with Gasteiger partial charge in [-0.1, -0.05) is 25.8 Å². The number of nitrogens with one attached hydrogen (secondary N) is 3. The Hall–Kier alpha value is -1.93. The molecule has 1 unspecified atom stereocenters. The summed E-state index contributed by atoms with van der Waals surface area (Å²) in [5.74, 6) is 0.592. The van der Waals surface area contributed by atoms with Gasteiger partial charge in [0.2, 0.25) is 10.0 Å². The molecule has 3 atom stereocenters. The highest BCUT2D eigenvalue weighted by molar-refractivity contribution is 7.90. The molecule has 158 valence electrons. The van der Waals surface area contributed by atoms with Crippen LogP contribution in [0.4, 0.5) is 0 Å². The molecule has 0 bridgehead atoms. The molecule has 2 aliphatic carbocycles. The van der Waals surface area contributed by atoms with Crippen LogP contribution in [0.1, 0.15) is 59.3 Å². The minimum Gasteiger partial charge on any atom is -0.345 e. The number of allylic oxidation sites excluding steroid dienone is 2. The smallest absolute Gasteiger partial charge is 0.214 e. The van der Waals surface area contributed by atoms with E-state index in [1.165, 1.54) is 5.57 Å². The van der Waals surface area contributed by atoms with Crippen LogP contribution < -0.4 is 10.2 Å². The molecule has 8 heteroatoms. The normalized spacial score (nSPS) is 26.1. The Bertz CT molecular complexity index is 1090. The summed E-state index contributed by atoms with van der Waals surface area (Å²) >= 11 is 0. The van der Waals surface area contributed by atoms with Crippen molar-refractivity contribution >= 4 is 26.9 Å². The molecule has 7 nitrogen and oxygen atoms in total. The average Bonchev–Trinajstić information content (AvgIpc) is 3.34. The van der Waals surface area contributed by atoms with E-state index in [2.05, 4.69) is 35.5 Å². The zero-order valence-electron chi connectivity index (χ0n) is 17.4. The second-order valence-corrected chi connectivity index (χ2v) is 10.5. The monoisotopic (exact) mass is 417 g/mol. The first-order chi connectivity index (χ1) is 13.9. The molecule has 29 heavy (non-hydrogen) atoms. The van der Waals surface area contributed by atoms with E-state index in [-0.39, 0.29) is 17.2 Å². The van der Waals surface area contributed by atoms with Gasteiger partial charge < -0.3 is 4.98 Å². The summed E-state index contributed by atoms with van der Waals surface area (Å²) in [4.78, 5) is 7.49. The van der Waals surface area contributed by atoms with Gasteiger partial charge in [-0.2, -0.15) is 0 Å². The van der Waals surface area contributed by atoms with Gasteiger partial charge in [0.05, 0.1) is 17.0 Å². The summed E-state index contributed by atoms with van der Waals surface area (Å²) in [6.45, 7) is 6.45. The molecule has 2 saturated carbocycles. The lowest BCUT2D eigenvalue weighted by molar-refractivity contribution is 0.440. The maximum Gasteiger partial charge on any atom is 0.214 e. The zero-order valence-corrected chi connectivity index (χ0v) is 18.2. The van der Waals surface area contributed by atoms with Gasteiger partial charge in [0, 0.05) is 23.9 Å². The van der Waals surface area contributed by atoms with Crippen LogP contribution in [-0.2, 0) is 10.0 Å². The SMILES string of the molecule is CC/C(C)=C(/[C@H]1CC(NS(=O)(=O)C2CC2)C[C@H]1CC)n1c(=N)cnc2[nH]ccc21. The number of hydrogen-bond donors (Lipinski definition) is 3. The molecular formula is C21H31N5O2S. The van der Waals surface area contributed by atoms with E-state index in [4.69, 9.17) is 5.41 Å². The lowest BCUT2D eigenvalue weighted by atomic mass is 9.87. The number of H-pyrrole nitrogens is 1. The van der Waals surface area contributed by atoms with Crippen LogP contribution in [0.25, 0.3) is 16.9 Å². The first kappa shape index (κ1) is 20.3. The van der Waals surface area contributed by atoms with Crippen molar-refractivity contribution in [2.45, 2.75) is 70.6 Å². The number of rotatable bonds is 7. The third-order valence-corrected chi connectivity index (χ3v) is 8.59. The van der Waals surface area contributed by atoms with Crippen LogP contribution in [0, 0.1) is 17.2 Å². The third kappa shape index (κ3) is 3.80. The maximum atomic E-state index is 12.5. The Labute approximate surface area is 172 Å². The van der Waals surface area contributed by atoms with Crippen LogP contribution in [0.3, 0.4) is 0 Å². The van der Waals surface area contributed by atoms with Crippen molar-refractivity contribution in [1.82, 2.24) is 19.3 Å². The molecule has 4 rings (SSSR count). The summed E-state index contributed by atoms with van der Waals surface area (Å²) in [6, 6.07) is 1.93. The Balaban J connectivity index is 1.74. The van der Waals surface area contributed by atoms with Gasteiger partial charge >= 0.3 is 0 Å². The van der Waals surface area contributed by atoms with Gasteiger partial charge in [0.15, 0.2) is 5.65 Å². The lowest BCUT2D eigenvalue weighted by Crippen LogP contribution is -2.35. The van der Waals surface area contributed by atoms with Crippen LogP contribution in [-0.4, -0.2) is 34.2 Å². The molecule has 0 spiro atoms. The molecule has 0 radical (unpaired) electrons. The predicted molar refractivity (Wildman–Crippen MR) is 114 cm³/mol. The minimum absolute atomic E-state index is 0.0338. The van der Waals surface area contributed by atoms with Crippen molar-refractivity contribution in [2.24, 2.45) is 11.8 Å². The Morgan fingerprint density at radius 2 is 2.10 bits per heavy atom. The maximum absolute atomic E-state index is 12.5. The van der Waals surface area contributed by atoms with E-state index in [9.17, 15) is 8.42 Å². The quantitative estimate of drug-likeness (QED) is 0.643. The van der Waals surface area contributed by atoms with E-state index in [0.29, 0.717) is 11.4 Å². The molecule has 2 fully saturated rings. The van der Waals surface area contributed by atoms with Crippen LogP contribution in [0.15, 0.2) is 24.0 Å². The molecule has 2 heterocycles. The summed E-state index contributed by atoms with van der Waals surface area (Å²) < 4.78 is 30.0. The van der Waals surface area contributed by atoms with Crippen LogP contribution in [0.5, 0.6) is 0 Å². The molecule has 2 aromatic heterocycles. The Morgan fingerprint density at radius 1 is 1.34 bits per heavy atom. The molecule has 0 aliphatic heterocycles. The van der Waals surface area contributed by atoms with Gasteiger partial charge in [0.1, 0.15) is 5.49 Å². The fourth-order valence-electron chi connectivity index (χ4n) is 4.78. The molecule has 0 saturated heterocycles.